The first-order valence-electron chi connectivity index (χ1n) is 10.8. The van der Waals surface area contributed by atoms with Gasteiger partial charge in [0.2, 0.25) is 11.9 Å². The van der Waals surface area contributed by atoms with E-state index in [4.69, 9.17) is 16.3 Å². The second-order valence-corrected chi connectivity index (χ2v) is 8.44. The number of hydrogen-bond acceptors (Lipinski definition) is 7. The van der Waals surface area contributed by atoms with Gasteiger partial charge in [0.25, 0.3) is 0 Å². The summed E-state index contributed by atoms with van der Waals surface area (Å²) in [6, 6.07) is 13.4. The Balaban J connectivity index is 1.42. The first-order chi connectivity index (χ1) is 16.0. The minimum atomic E-state index is 0.0325. The lowest BCUT2D eigenvalue weighted by Crippen LogP contribution is -2.21. The van der Waals surface area contributed by atoms with Crippen molar-refractivity contribution in [3.63, 3.8) is 0 Å². The van der Waals surface area contributed by atoms with Crippen LogP contribution in [0.15, 0.2) is 48.7 Å². The monoisotopic (exact) mass is 459 g/mol. The highest BCUT2D eigenvalue weighted by Crippen LogP contribution is 2.33. The number of ether oxygens (including phenoxy) is 1. The van der Waals surface area contributed by atoms with Gasteiger partial charge < -0.3 is 4.74 Å². The van der Waals surface area contributed by atoms with Crippen molar-refractivity contribution in [1.29, 1.82) is 0 Å². The fraction of sp³-hybridized carbons (Fsp3) is 0.240. The topological polar surface area (TPSA) is 89.9 Å². The Morgan fingerprint density at radius 1 is 1.09 bits per heavy atom. The van der Waals surface area contributed by atoms with E-state index in [0.29, 0.717) is 47.6 Å². The van der Waals surface area contributed by atoms with Crippen LogP contribution in [-0.2, 0) is 6.42 Å². The number of aromatic nitrogens is 4. The van der Waals surface area contributed by atoms with E-state index in [9.17, 15) is 4.79 Å². The molecule has 7 nitrogen and oxygen atoms in total. The molecular formula is C25H22ClN5O2. The van der Waals surface area contributed by atoms with Gasteiger partial charge in [-0.25, -0.2) is 19.9 Å². The number of anilines is 2. The van der Waals surface area contributed by atoms with E-state index in [0.717, 1.165) is 27.9 Å². The molecule has 1 aliphatic rings. The molecule has 5 rings (SSSR count). The van der Waals surface area contributed by atoms with E-state index in [1.54, 1.807) is 6.20 Å². The van der Waals surface area contributed by atoms with Gasteiger partial charge in [-0.05, 0) is 62.1 Å². The number of rotatable bonds is 5. The molecule has 0 amide bonds. The van der Waals surface area contributed by atoms with Gasteiger partial charge in [-0.1, -0.05) is 23.7 Å². The molecule has 0 unspecified atom stereocenters. The maximum absolute atomic E-state index is 12.7. The summed E-state index contributed by atoms with van der Waals surface area (Å²) in [6.45, 7) is 4.47. The van der Waals surface area contributed by atoms with Gasteiger partial charge in [-0.15, -0.1) is 0 Å². The molecule has 1 atom stereocenters. The molecule has 0 fully saturated rings. The predicted molar refractivity (Wildman–Crippen MR) is 128 cm³/mol. The zero-order valence-electron chi connectivity index (χ0n) is 18.3. The SMILES string of the molecule is CCOc1ccc2nc(Nc3ncc4c(n3)C[C@@H](c3cccc(Cl)c3)CC4=O)nc(C)c2c1. The first kappa shape index (κ1) is 21.3. The van der Waals surface area contributed by atoms with Gasteiger partial charge in [0.1, 0.15) is 5.75 Å². The lowest BCUT2D eigenvalue weighted by molar-refractivity contribution is 0.0962. The van der Waals surface area contributed by atoms with E-state index < -0.39 is 0 Å². The van der Waals surface area contributed by atoms with Crippen molar-refractivity contribution in [1.82, 2.24) is 19.9 Å². The molecule has 0 saturated heterocycles. The largest absolute Gasteiger partial charge is 0.494 e. The molecule has 1 N–H and O–H groups in total. The van der Waals surface area contributed by atoms with Crippen LogP contribution in [0.4, 0.5) is 11.9 Å². The highest BCUT2D eigenvalue weighted by molar-refractivity contribution is 6.30. The summed E-state index contributed by atoms with van der Waals surface area (Å²) in [5.41, 5.74) is 3.93. The van der Waals surface area contributed by atoms with Crippen molar-refractivity contribution in [2.24, 2.45) is 0 Å². The van der Waals surface area contributed by atoms with Crippen molar-refractivity contribution in [2.45, 2.75) is 32.6 Å². The highest BCUT2D eigenvalue weighted by atomic mass is 35.5. The standard InChI is InChI=1S/C25H22ClN5O2/c1-3-33-18-7-8-21-19(12-18)14(2)28-25(29-21)31-24-27-13-20-22(30-24)10-16(11-23(20)32)15-5-4-6-17(26)9-15/h4-9,12-13,16H,3,10-11H2,1-2H3,(H,27,28,29,30,31)/t16-/m1/s1. The van der Waals surface area contributed by atoms with Crippen LogP contribution in [-0.4, -0.2) is 32.3 Å². The van der Waals surface area contributed by atoms with Gasteiger partial charge in [0.05, 0.1) is 29.1 Å². The lowest BCUT2D eigenvalue weighted by atomic mass is 9.82. The van der Waals surface area contributed by atoms with Crippen LogP contribution in [0.2, 0.25) is 5.02 Å². The van der Waals surface area contributed by atoms with Crippen molar-refractivity contribution in [3.05, 3.63) is 76.2 Å². The van der Waals surface area contributed by atoms with E-state index in [-0.39, 0.29) is 11.7 Å². The average Bonchev–Trinajstić information content (AvgIpc) is 2.79. The van der Waals surface area contributed by atoms with E-state index in [1.165, 1.54) is 0 Å². The van der Waals surface area contributed by atoms with Gasteiger partial charge in [0.15, 0.2) is 5.78 Å². The minimum Gasteiger partial charge on any atom is -0.494 e. The fourth-order valence-corrected chi connectivity index (χ4v) is 4.37. The van der Waals surface area contributed by atoms with E-state index in [2.05, 4.69) is 25.3 Å². The molecule has 0 aliphatic heterocycles. The Hall–Kier alpha value is -3.58. The minimum absolute atomic E-state index is 0.0325. The number of carbonyl (C=O) groups is 1. The van der Waals surface area contributed by atoms with Gasteiger partial charge in [-0.2, -0.15) is 0 Å². The van der Waals surface area contributed by atoms with Crippen molar-refractivity contribution in [2.75, 3.05) is 11.9 Å². The Bertz CT molecular complexity index is 1370. The van der Waals surface area contributed by atoms with Crippen LogP contribution >= 0.6 is 11.6 Å². The number of aryl methyl sites for hydroxylation is 1. The number of Topliss-reactive ketones (excluding diaryl/α,β-unsaturated/α-hetero) is 1. The number of carbonyl (C=O) groups excluding carboxylic acids is 1. The molecule has 0 radical (unpaired) electrons. The molecular weight excluding hydrogens is 438 g/mol. The number of ketones is 1. The Morgan fingerprint density at radius 2 is 1.97 bits per heavy atom. The van der Waals surface area contributed by atoms with Crippen LogP contribution in [0.5, 0.6) is 5.75 Å². The van der Waals surface area contributed by atoms with Gasteiger partial charge in [-0.3, -0.25) is 10.1 Å². The number of nitrogens with one attached hydrogen (secondary N) is 1. The molecule has 0 spiro atoms. The molecule has 0 saturated carbocycles. The van der Waals surface area contributed by atoms with Crippen LogP contribution in [0, 0.1) is 6.92 Å². The lowest BCUT2D eigenvalue weighted by Gasteiger charge is -2.23. The molecule has 4 aromatic rings. The van der Waals surface area contributed by atoms with Gasteiger partial charge >= 0.3 is 0 Å². The van der Waals surface area contributed by atoms with Crippen molar-refractivity contribution < 1.29 is 9.53 Å². The maximum Gasteiger partial charge on any atom is 0.230 e. The van der Waals surface area contributed by atoms with Gasteiger partial charge in [0, 0.05) is 23.0 Å². The molecule has 2 aromatic carbocycles. The Labute approximate surface area is 196 Å². The molecule has 0 bridgehead atoms. The average molecular weight is 460 g/mol. The summed E-state index contributed by atoms with van der Waals surface area (Å²) < 4.78 is 5.58. The summed E-state index contributed by atoms with van der Waals surface area (Å²) in [4.78, 5) is 30.8. The van der Waals surface area contributed by atoms with Crippen LogP contribution in [0.25, 0.3) is 10.9 Å². The second-order valence-electron chi connectivity index (χ2n) is 8.01. The highest BCUT2D eigenvalue weighted by Gasteiger charge is 2.28. The third-order valence-electron chi connectivity index (χ3n) is 5.75. The summed E-state index contributed by atoms with van der Waals surface area (Å²) in [6.07, 6.45) is 2.64. The number of halogens is 1. The molecule has 2 heterocycles. The van der Waals surface area contributed by atoms with Crippen LogP contribution in [0.3, 0.4) is 0 Å². The molecule has 166 valence electrons. The quantitative estimate of drug-likeness (QED) is 0.425. The molecule has 8 heteroatoms. The van der Waals surface area contributed by atoms with Crippen molar-refractivity contribution >= 4 is 40.2 Å². The Kier molecular flexibility index (Phi) is 5.64. The van der Waals surface area contributed by atoms with E-state index in [1.807, 2.05) is 56.3 Å². The zero-order valence-corrected chi connectivity index (χ0v) is 19.1. The first-order valence-corrected chi connectivity index (χ1v) is 11.2. The molecule has 33 heavy (non-hydrogen) atoms. The maximum atomic E-state index is 12.7. The number of benzene rings is 2. The smallest absolute Gasteiger partial charge is 0.230 e. The summed E-state index contributed by atoms with van der Waals surface area (Å²) in [5.74, 6) is 1.62. The second kappa shape index (κ2) is 8.75. The summed E-state index contributed by atoms with van der Waals surface area (Å²) in [5, 5.41) is 4.68. The van der Waals surface area contributed by atoms with Crippen molar-refractivity contribution in [3.8, 4) is 5.75 Å². The fourth-order valence-electron chi connectivity index (χ4n) is 4.17. The molecule has 1 aliphatic carbocycles. The summed E-state index contributed by atoms with van der Waals surface area (Å²) >= 11 is 6.15. The van der Waals surface area contributed by atoms with E-state index >= 15 is 0 Å². The normalized spacial score (nSPS) is 15.4. The third kappa shape index (κ3) is 4.36. The summed E-state index contributed by atoms with van der Waals surface area (Å²) in [7, 11) is 0. The van der Waals surface area contributed by atoms with Crippen LogP contribution < -0.4 is 10.1 Å². The number of hydrogen-bond donors (Lipinski definition) is 1. The number of fused-ring (bicyclic) bond motifs is 2. The number of nitrogens with zero attached hydrogens (tertiary/aromatic N) is 4. The molecule has 2 aromatic heterocycles. The Morgan fingerprint density at radius 3 is 2.79 bits per heavy atom. The van der Waals surface area contributed by atoms with Crippen LogP contribution in [0.1, 0.15) is 46.6 Å². The predicted octanol–water partition coefficient (Wildman–Crippen LogP) is 5.44. The zero-order chi connectivity index (χ0) is 22.9. The third-order valence-corrected chi connectivity index (χ3v) is 5.99.